The second-order valence-electron chi connectivity index (χ2n) is 7.32. The van der Waals surface area contributed by atoms with Crippen molar-refractivity contribution in [1.29, 1.82) is 0 Å². The summed E-state index contributed by atoms with van der Waals surface area (Å²) in [4.78, 5) is 14.6. The highest BCUT2D eigenvalue weighted by molar-refractivity contribution is 7.91. The topological polar surface area (TPSA) is 63.7 Å². The van der Waals surface area contributed by atoms with Crippen molar-refractivity contribution >= 4 is 27.3 Å². The molecular weight excluding hydrogens is 398 g/mol. The van der Waals surface area contributed by atoms with Crippen LogP contribution in [0.5, 0.6) is 5.75 Å². The number of ether oxygens (including phenoxy) is 1. The summed E-state index contributed by atoms with van der Waals surface area (Å²) in [5.41, 5.74) is 2.97. The van der Waals surface area contributed by atoms with Crippen LogP contribution in [0.15, 0.2) is 42.5 Å². The molecule has 1 fully saturated rings. The van der Waals surface area contributed by atoms with Crippen LogP contribution in [-0.2, 0) is 21.2 Å². The third kappa shape index (κ3) is 5.49. The minimum atomic E-state index is -3.11. The average Bonchev–Trinajstić information content (AvgIpc) is 2.96. The Morgan fingerprint density at radius 3 is 2.50 bits per heavy atom. The van der Waals surface area contributed by atoms with E-state index in [4.69, 9.17) is 16.3 Å². The summed E-state index contributed by atoms with van der Waals surface area (Å²) in [5, 5.41) is 0.579. The molecule has 0 aliphatic carbocycles. The van der Waals surface area contributed by atoms with Crippen LogP contribution in [0.2, 0.25) is 5.02 Å². The van der Waals surface area contributed by atoms with Gasteiger partial charge in [0.15, 0.2) is 16.4 Å². The van der Waals surface area contributed by atoms with Crippen molar-refractivity contribution in [1.82, 2.24) is 4.90 Å². The van der Waals surface area contributed by atoms with Crippen LogP contribution in [0, 0.1) is 13.8 Å². The second kappa shape index (κ2) is 8.53. The Morgan fingerprint density at radius 2 is 1.89 bits per heavy atom. The Labute approximate surface area is 171 Å². The molecule has 1 heterocycles. The lowest BCUT2D eigenvalue weighted by Crippen LogP contribution is -2.43. The van der Waals surface area contributed by atoms with Gasteiger partial charge in [0, 0.05) is 17.6 Å². The van der Waals surface area contributed by atoms with Gasteiger partial charge in [0.25, 0.3) is 5.91 Å². The lowest BCUT2D eigenvalue weighted by Gasteiger charge is -2.28. The zero-order chi connectivity index (χ0) is 20.3. The van der Waals surface area contributed by atoms with Crippen LogP contribution in [0.25, 0.3) is 0 Å². The fourth-order valence-electron chi connectivity index (χ4n) is 3.52. The van der Waals surface area contributed by atoms with Gasteiger partial charge in [0.2, 0.25) is 0 Å². The number of carbonyl (C=O) groups is 1. The van der Waals surface area contributed by atoms with E-state index < -0.39 is 9.84 Å². The van der Waals surface area contributed by atoms with E-state index in [-0.39, 0.29) is 30.1 Å². The van der Waals surface area contributed by atoms with Crippen molar-refractivity contribution in [3.63, 3.8) is 0 Å². The third-order valence-corrected chi connectivity index (χ3v) is 6.75. The van der Waals surface area contributed by atoms with Crippen molar-refractivity contribution < 1.29 is 17.9 Å². The van der Waals surface area contributed by atoms with Gasteiger partial charge in [-0.2, -0.15) is 0 Å². The maximum Gasteiger partial charge on any atom is 0.261 e. The van der Waals surface area contributed by atoms with Gasteiger partial charge >= 0.3 is 0 Å². The number of hydrogen-bond donors (Lipinski definition) is 0. The number of rotatable bonds is 6. The molecule has 1 atom stereocenters. The predicted octanol–water partition coefficient (Wildman–Crippen LogP) is 3.55. The van der Waals surface area contributed by atoms with E-state index in [1.54, 1.807) is 17.0 Å². The summed E-state index contributed by atoms with van der Waals surface area (Å²) in [7, 11) is -3.11. The van der Waals surface area contributed by atoms with Crippen LogP contribution in [0.3, 0.4) is 0 Å². The summed E-state index contributed by atoms with van der Waals surface area (Å²) in [6.45, 7) is 4.10. The number of halogens is 1. The van der Waals surface area contributed by atoms with Gasteiger partial charge in [0.05, 0.1) is 11.5 Å². The van der Waals surface area contributed by atoms with Crippen molar-refractivity contribution in [3.05, 3.63) is 64.2 Å². The highest BCUT2D eigenvalue weighted by Gasteiger charge is 2.34. The number of carbonyl (C=O) groups excluding carboxylic acids is 1. The van der Waals surface area contributed by atoms with E-state index in [0.717, 1.165) is 16.7 Å². The first-order chi connectivity index (χ1) is 13.2. The maximum atomic E-state index is 12.9. The number of hydrogen-bond acceptors (Lipinski definition) is 4. The van der Waals surface area contributed by atoms with Gasteiger partial charge in [-0.3, -0.25) is 4.79 Å². The van der Waals surface area contributed by atoms with Crippen LogP contribution in [0.4, 0.5) is 0 Å². The number of amides is 1. The molecule has 3 rings (SSSR count). The maximum absolute atomic E-state index is 12.9. The highest BCUT2D eigenvalue weighted by atomic mass is 35.5. The van der Waals surface area contributed by atoms with E-state index in [1.807, 2.05) is 44.2 Å². The third-order valence-electron chi connectivity index (χ3n) is 4.77. The summed E-state index contributed by atoms with van der Waals surface area (Å²) in [5.74, 6) is 0.492. The van der Waals surface area contributed by atoms with Crippen molar-refractivity contribution in [3.8, 4) is 5.75 Å². The van der Waals surface area contributed by atoms with E-state index in [9.17, 15) is 13.2 Å². The van der Waals surface area contributed by atoms with Gasteiger partial charge in [-0.15, -0.1) is 0 Å². The molecule has 2 aromatic carbocycles. The Bertz CT molecular complexity index is 954. The smallest absolute Gasteiger partial charge is 0.261 e. The summed E-state index contributed by atoms with van der Waals surface area (Å²) < 4.78 is 29.6. The van der Waals surface area contributed by atoms with Gasteiger partial charge in [-0.25, -0.2) is 8.42 Å². The molecule has 0 saturated carbocycles. The average molecular weight is 422 g/mol. The molecule has 1 amide bonds. The van der Waals surface area contributed by atoms with E-state index in [1.165, 1.54) is 0 Å². The van der Waals surface area contributed by atoms with Gasteiger partial charge in [0.1, 0.15) is 5.75 Å². The first-order valence-electron chi connectivity index (χ1n) is 9.17. The van der Waals surface area contributed by atoms with Crippen LogP contribution in [0.1, 0.15) is 23.1 Å². The quantitative estimate of drug-likeness (QED) is 0.715. The van der Waals surface area contributed by atoms with Crippen molar-refractivity contribution in [2.24, 2.45) is 0 Å². The Balaban J connectivity index is 1.76. The molecule has 0 spiro atoms. The standard InChI is InChI=1S/C21H24ClNO4S/c1-15-8-16(2)10-20(9-15)27-13-21(24)23(19-6-7-28(25,26)14-19)12-17-4-3-5-18(22)11-17/h3-5,8-11,19H,6-7,12-14H2,1-2H3. The molecule has 1 saturated heterocycles. The number of nitrogens with zero attached hydrogens (tertiary/aromatic N) is 1. The molecule has 5 nitrogen and oxygen atoms in total. The Morgan fingerprint density at radius 1 is 1.18 bits per heavy atom. The molecule has 1 aliphatic heterocycles. The Hall–Kier alpha value is -2.05. The van der Waals surface area contributed by atoms with Crippen molar-refractivity contribution in [2.75, 3.05) is 18.1 Å². The molecular formula is C21H24ClNO4S. The molecule has 7 heteroatoms. The summed E-state index contributed by atoms with van der Waals surface area (Å²) in [6.07, 6.45) is 0.443. The van der Waals surface area contributed by atoms with E-state index in [0.29, 0.717) is 23.7 Å². The van der Waals surface area contributed by atoms with Gasteiger partial charge < -0.3 is 9.64 Å². The molecule has 1 unspecified atom stereocenters. The summed E-state index contributed by atoms with van der Waals surface area (Å²) >= 11 is 6.06. The molecule has 28 heavy (non-hydrogen) atoms. The zero-order valence-corrected chi connectivity index (χ0v) is 17.6. The summed E-state index contributed by atoms with van der Waals surface area (Å²) in [6, 6.07) is 12.7. The second-order valence-corrected chi connectivity index (χ2v) is 9.99. The minimum absolute atomic E-state index is 0.0111. The van der Waals surface area contributed by atoms with Crippen LogP contribution in [-0.4, -0.2) is 43.4 Å². The number of benzene rings is 2. The normalized spacial score (nSPS) is 18.0. The van der Waals surface area contributed by atoms with Gasteiger partial charge in [-0.05, 0) is 61.2 Å². The first-order valence-corrected chi connectivity index (χ1v) is 11.4. The molecule has 2 aromatic rings. The lowest BCUT2D eigenvalue weighted by molar-refractivity contribution is -0.136. The molecule has 0 aromatic heterocycles. The minimum Gasteiger partial charge on any atom is -0.484 e. The Kier molecular flexibility index (Phi) is 6.30. The molecule has 0 bridgehead atoms. The fourth-order valence-corrected chi connectivity index (χ4v) is 5.46. The van der Waals surface area contributed by atoms with Crippen LogP contribution < -0.4 is 4.74 Å². The van der Waals surface area contributed by atoms with Crippen LogP contribution >= 0.6 is 11.6 Å². The monoisotopic (exact) mass is 421 g/mol. The predicted molar refractivity (Wildman–Crippen MR) is 110 cm³/mol. The largest absolute Gasteiger partial charge is 0.484 e. The molecule has 0 radical (unpaired) electrons. The highest BCUT2D eigenvalue weighted by Crippen LogP contribution is 2.22. The molecule has 150 valence electrons. The fraction of sp³-hybridized carbons (Fsp3) is 0.381. The first kappa shape index (κ1) is 20.7. The lowest BCUT2D eigenvalue weighted by atomic mass is 10.1. The van der Waals surface area contributed by atoms with Crippen molar-refractivity contribution in [2.45, 2.75) is 32.9 Å². The van der Waals surface area contributed by atoms with Gasteiger partial charge in [-0.1, -0.05) is 29.8 Å². The SMILES string of the molecule is Cc1cc(C)cc(OCC(=O)N(Cc2cccc(Cl)c2)C2CCS(=O)(=O)C2)c1. The van der Waals surface area contributed by atoms with E-state index >= 15 is 0 Å². The molecule has 1 aliphatic rings. The zero-order valence-electron chi connectivity index (χ0n) is 16.0. The number of sulfone groups is 1. The molecule has 0 N–H and O–H groups in total. The van der Waals surface area contributed by atoms with E-state index in [2.05, 4.69) is 0 Å². The number of aryl methyl sites for hydroxylation is 2.